The van der Waals surface area contributed by atoms with Gasteiger partial charge in [-0.25, -0.2) is 0 Å². The van der Waals surface area contributed by atoms with E-state index in [1.165, 1.54) is 0 Å². The highest BCUT2D eigenvalue weighted by molar-refractivity contribution is 9.10. The Hall–Kier alpha value is -1.27. The highest BCUT2D eigenvalue weighted by Gasteiger charge is 2.19. The van der Waals surface area contributed by atoms with Crippen molar-refractivity contribution in [3.63, 3.8) is 0 Å². The maximum atomic E-state index is 8.80. The lowest BCUT2D eigenvalue weighted by molar-refractivity contribution is 0.197. The van der Waals surface area contributed by atoms with Crippen LogP contribution in [0.15, 0.2) is 34.8 Å². The fraction of sp³-hybridized carbons (Fsp3) is 0.400. The van der Waals surface area contributed by atoms with Crippen molar-refractivity contribution < 1.29 is 4.74 Å². The van der Waals surface area contributed by atoms with E-state index in [1.54, 1.807) is 12.1 Å². The first-order valence-electron chi connectivity index (χ1n) is 6.18. The Bertz CT molecular complexity index is 490. The summed E-state index contributed by atoms with van der Waals surface area (Å²) in [5, 5.41) is 8.80. The van der Waals surface area contributed by atoms with Crippen LogP contribution < -0.4 is 4.74 Å². The first-order chi connectivity index (χ1) is 8.70. The molecular weight excluding hydrogens is 290 g/mol. The summed E-state index contributed by atoms with van der Waals surface area (Å²) in [6.07, 6.45) is 6.72. The molecule has 3 heteroatoms. The van der Waals surface area contributed by atoms with Crippen LogP contribution in [0.2, 0.25) is 0 Å². The number of hydrogen-bond acceptors (Lipinski definition) is 2. The van der Waals surface area contributed by atoms with Crippen LogP contribution in [0.3, 0.4) is 0 Å². The van der Waals surface area contributed by atoms with Crippen molar-refractivity contribution in [2.24, 2.45) is 11.8 Å². The van der Waals surface area contributed by atoms with Crippen LogP contribution in [0.1, 0.15) is 25.3 Å². The highest BCUT2D eigenvalue weighted by atomic mass is 79.9. The SMILES string of the molecule is CC1CC=CCC1COc1ccc(C#N)cc1Br. The Balaban J connectivity index is 1.98. The second kappa shape index (κ2) is 6.06. The highest BCUT2D eigenvalue weighted by Crippen LogP contribution is 2.29. The fourth-order valence-corrected chi connectivity index (χ4v) is 2.62. The van der Waals surface area contributed by atoms with Gasteiger partial charge in [0.1, 0.15) is 5.75 Å². The van der Waals surface area contributed by atoms with Gasteiger partial charge in [-0.3, -0.25) is 0 Å². The molecule has 2 nitrogen and oxygen atoms in total. The van der Waals surface area contributed by atoms with E-state index in [1.807, 2.05) is 6.07 Å². The molecule has 2 atom stereocenters. The quantitative estimate of drug-likeness (QED) is 0.780. The van der Waals surface area contributed by atoms with Crippen molar-refractivity contribution in [2.75, 3.05) is 6.61 Å². The molecule has 0 heterocycles. The first-order valence-corrected chi connectivity index (χ1v) is 6.97. The zero-order chi connectivity index (χ0) is 13.0. The molecule has 94 valence electrons. The Morgan fingerprint density at radius 3 is 2.83 bits per heavy atom. The Morgan fingerprint density at radius 1 is 1.39 bits per heavy atom. The second-order valence-corrected chi connectivity index (χ2v) is 5.60. The zero-order valence-electron chi connectivity index (χ0n) is 10.4. The van der Waals surface area contributed by atoms with Crippen molar-refractivity contribution in [1.29, 1.82) is 5.26 Å². The number of hydrogen-bond donors (Lipinski definition) is 0. The van der Waals surface area contributed by atoms with E-state index in [-0.39, 0.29) is 0 Å². The topological polar surface area (TPSA) is 33.0 Å². The molecule has 0 N–H and O–H groups in total. The molecule has 18 heavy (non-hydrogen) atoms. The molecule has 1 aromatic rings. The third-order valence-corrected chi connectivity index (χ3v) is 4.05. The molecule has 0 aliphatic heterocycles. The molecule has 0 fully saturated rings. The van der Waals surface area contributed by atoms with Crippen LogP contribution in [-0.4, -0.2) is 6.61 Å². The summed E-state index contributed by atoms with van der Waals surface area (Å²) >= 11 is 3.44. The maximum Gasteiger partial charge on any atom is 0.133 e. The third-order valence-electron chi connectivity index (χ3n) is 3.43. The lowest BCUT2D eigenvalue weighted by atomic mass is 9.85. The number of halogens is 1. The summed E-state index contributed by atoms with van der Waals surface area (Å²) in [6, 6.07) is 7.54. The van der Waals surface area contributed by atoms with Gasteiger partial charge in [-0.2, -0.15) is 5.26 Å². The molecule has 0 aromatic heterocycles. The van der Waals surface area contributed by atoms with Crippen LogP contribution in [0.5, 0.6) is 5.75 Å². The maximum absolute atomic E-state index is 8.80. The average molecular weight is 306 g/mol. The molecule has 0 saturated carbocycles. The summed E-state index contributed by atoms with van der Waals surface area (Å²) in [4.78, 5) is 0. The predicted molar refractivity (Wildman–Crippen MR) is 75.4 cm³/mol. The smallest absolute Gasteiger partial charge is 0.133 e. The van der Waals surface area contributed by atoms with Crippen LogP contribution in [0.25, 0.3) is 0 Å². The number of rotatable bonds is 3. The van der Waals surface area contributed by atoms with Crippen molar-refractivity contribution in [3.8, 4) is 11.8 Å². The lowest BCUT2D eigenvalue weighted by Crippen LogP contribution is -2.21. The minimum atomic E-state index is 0.581. The molecule has 1 aliphatic rings. The Labute approximate surface area is 116 Å². The van der Waals surface area contributed by atoms with Gasteiger partial charge in [-0.1, -0.05) is 19.1 Å². The van der Waals surface area contributed by atoms with E-state index in [0.717, 1.165) is 29.7 Å². The van der Waals surface area contributed by atoms with Crippen LogP contribution in [0, 0.1) is 23.2 Å². The van der Waals surface area contributed by atoms with Crippen molar-refractivity contribution in [1.82, 2.24) is 0 Å². The average Bonchev–Trinajstić information content (AvgIpc) is 2.39. The molecule has 1 aliphatic carbocycles. The summed E-state index contributed by atoms with van der Waals surface area (Å²) in [5.74, 6) is 2.07. The number of allylic oxidation sites excluding steroid dienone is 2. The minimum Gasteiger partial charge on any atom is -0.492 e. The van der Waals surface area contributed by atoms with Gasteiger partial charge in [0.2, 0.25) is 0 Å². The summed E-state index contributed by atoms with van der Waals surface area (Å²) in [7, 11) is 0. The molecule has 0 bridgehead atoms. The number of ether oxygens (including phenoxy) is 1. The molecule has 0 saturated heterocycles. The van der Waals surface area contributed by atoms with Gasteiger partial charge in [0, 0.05) is 0 Å². The van der Waals surface area contributed by atoms with Gasteiger partial charge in [-0.15, -0.1) is 0 Å². The van der Waals surface area contributed by atoms with Crippen molar-refractivity contribution >= 4 is 15.9 Å². The first kappa shape index (κ1) is 13.2. The predicted octanol–water partition coefficient (Wildman–Crippen LogP) is 4.30. The zero-order valence-corrected chi connectivity index (χ0v) is 12.0. The van der Waals surface area contributed by atoms with E-state index < -0.39 is 0 Å². The molecule has 2 unspecified atom stereocenters. The number of nitriles is 1. The van der Waals surface area contributed by atoms with Gasteiger partial charge >= 0.3 is 0 Å². The van der Waals surface area contributed by atoms with Gasteiger partial charge < -0.3 is 4.74 Å². The van der Waals surface area contributed by atoms with Crippen LogP contribution in [-0.2, 0) is 0 Å². The van der Waals surface area contributed by atoms with E-state index in [2.05, 4.69) is 41.1 Å². The lowest BCUT2D eigenvalue weighted by Gasteiger charge is -2.25. The van der Waals surface area contributed by atoms with E-state index in [9.17, 15) is 0 Å². The molecule has 2 rings (SSSR count). The molecular formula is C15H16BrNO. The number of benzene rings is 1. The van der Waals surface area contributed by atoms with Crippen LogP contribution in [0.4, 0.5) is 0 Å². The third kappa shape index (κ3) is 3.14. The van der Waals surface area contributed by atoms with Gasteiger partial charge in [0.25, 0.3) is 0 Å². The Morgan fingerprint density at radius 2 is 2.17 bits per heavy atom. The second-order valence-electron chi connectivity index (χ2n) is 4.75. The molecule has 0 radical (unpaired) electrons. The molecule has 0 spiro atoms. The normalized spacial score (nSPS) is 22.5. The number of nitrogens with zero attached hydrogens (tertiary/aromatic N) is 1. The van der Waals surface area contributed by atoms with Crippen molar-refractivity contribution in [2.45, 2.75) is 19.8 Å². The summed E-state index contributed by atoms with van der Waals surface area (Å²) in [5.41, 5.74) is 0.642. The van der Waals surface area contributed by atoms with Crippen LogP contribution >= 0.6 is 15.9 Å². The van der Waals surface area contributed by atoms with Gasteiger partial charge in [0.05, 0.1) is 22.7 Å². The van der Waals surface area contributed by atoms with E-state index in [4.69, 9.17) is 10.00 Å². The standard InChI is InChI=1S/C15H16BrNO/c1-11-4-2-3-5-13(11)10-18-15-7-6-12(9-17)8-14(15)16/h2-3,6-8,11,13H,4-5,10H2,1H3. The van der Waals surface area contributed by atoms with Crippen molar-refractivity contribution in [3.05, 3.63) is 40.4 Å². The molecule has 0 amide bonds. The summed E-state index contributed by atoms with van der Waals surface area (Å²) in [6.45, 7) is 3.00. The van der Waals surface area contributed by atoms with E-state index in [0.29, 0.717) is 17.4 Å². The van der Waals surface area contributed by atoms with Gasteiger partial charge in [0.15, 0.2) is 0 Å². The fourth-order valence-electron chi connectivity index (χ4n) is 2.12. The Kier molecular flexibility index (Phi) is 4.43. The largest absolute Gasteiger partial charge is 0.492 e. The summed E-state index contributed by atoms with van der Waals surface area (Å²) < 4.78 is 6.70. The molecule has 1 aromatic carbocycles. The van der Waals surface area contributed by atoms with E-state index >= 15 is 0 Å². The minimum absolute atomic E-state index is 0.581. The van der Waals surface area contributed by atoms with Gasteiger partial charge in [-0.05, 0) is 58.8 Å². The monoisotopic (exact) mass is 305 g/mol.